The third-order valence-corrected chi connectivity index (χ3v) is 4.40. The molecule has 0 radical (unpaired) electrons. The van der Waals surface area contributed by atoms with E-state index in [1.54, 1.807) is 12.1 Å². The Hall–Kier alpha value is -1.38. The van der Waals surface area contributed by atoms with Crippen molar-refractivity contribution >= 4 is 11.5 Å². The van der Waals surface area contributed by atoms with Crippen molar-refractivity contribution in [3.8, 4) is 0 Å². The van der Waals surface area contributed by atoms with Crippen molar-refractivity contribution in [3.63, 3.8) is 0 Å². The van der Waals surface area contributed by atoms with Crippen molar-refractivity contribution in [2.75, 3.05) is 18.0 Å². The number of carbonyl (C=O) groups is 1. The molecule has 1 aromatic rings. The van der Waals surface area contributed by atoms with Crippen LogP contribution < -0.4 is 4.90 Å². The highest BCUT2D eigenvalue weighted by Gasteiger charge is 2.23. The molecule has 0 spiro atoms. The number of carbonyl (C=O) groups excluding carboxylic acids is 1. The molecule has 0 aliphatic carbocycles. The number of ketones is 1. The summed E-state index contributed by atoms with van der Waals surface area (Å²) in [7, 11) is 0. The molecular formula is C17H24FNO. The van der Waals surface area contributed by atoms with Gasteiger partial charge in [-0.2, -0.15) is 0 Å². The van der Waals surface area contributed by atoms with E-state index in [9.17, 15) is 9.18 Å². The number of hydrogen-bond donors (Lipinski definition) is 0. The van der Waals surface area contributed by atoms with Crippen LogP contribution in [-0.2, 0) is 0 Å². The van der Waals surface area contributed by atoms with Crippen molar-refractivity contribution in [1.82, 2.24) is 0 Å². The van der Waals surface area contributed by atoms with Crippen molar-refractivity contribution in [2.45, 2.75) is 40.0 Å². The molecule has 1 saturated heterocycles. The van der Waals surface area contributed by atoms with Gasteiger partial charge in [0.05, 0.1) is 5.69 Å². The molecule has 0 saturated carbocycles. The molecule has 1 unspecified atom stereocenters. The largest absolute Gasteiger partial charge is 0.369 e. The number of nitrogens with zero attached hydrogens (tertiary/aromatic N) is 1. The number of hydrogen-bond acceptors (Lipinski definition) is 2. The second-order valence-electron chi connectivity index (χ2n) is 6.11. The topological polar surface area (TPSA) is 20.3 Å². The quantitative estimate of drug-likeness (QED) is 0.768. The molecule has 1 aromatic carbocycles. The van der Waals surface area contributed by atoms with Crippen LogP contribution in [0.1, 0.15) is 50.4 Å². The molecule has 110 valence electrons. The summed E-state index contributed by atoms with van der Waals surface area (Å²) in [5, 5.41) is 0. The van der Waals surface area contributed by atoms with E-state index in [0.29, 0.717) is 23.1 Å². The fourth-order valence-corrected chi connectivity index (χ4v) is 3.13. The van der Waals surface area contributed by atoms with E-state index in [1.165, 1.54) is 19.4 Å². The van der Waals surface area contributed by atoms with E-state index in [4.69, 9.17) is 0 Å². The predicted molar refractivity (Wildman–Crippen MR) is 80.8 cm³/mol. The normalized spacial score (nSPS) is 20.1. The van der Waals surface area contributed by atoms with Crippen LogP contribution in [0.15, 0.2) is 18.2 Å². The van der Waals surface area contributed by atoms with E-state index in [2.05, 4.69) is 18.7 Å². The summed E-state index contributed by atoms with van der Waals surface area (Å²) in [6.07, 6.45) is 3.33. The maximum absolute atomic E-state index is 14.2. The van der Waals surface area contributed by atoms with E-state index in [1.807, 2.05) is 0 Å². The third-order valence-electron chi connectivity index (χ3n) is 4.40. The van der Waals surface area contributed by atoms with E-state index < -0.39 is 0 Å². The van der Waals surface area contributed by atoms with Gasteiger partial charge in [0, 0.05) is 18.7 Å². The molecule has 1 atom stereocenters. The van der Waals surface area contributed by atoms with Gasteiger partial charge in [-0.3, -0.25) is 4.79 Å². The molecule has 1 fully saturated rings. The fourth-order valence-electron chi connectivity index (χ4n) is 3.13. The molecule has 0 amide bonds. The summed E-state index contributed by atoms with van der Waals surface area (Å²) < 4.78 is 14.2. The molecule has 2 rings (SSSR count). The molecule has 1 aliphatic rings. The van der Waals surface area contributed by atoms with Gasteiger partial charge in [-0.15, -0.1) is 0 Å². The average Bonchev–Trinajstić information content (AvgIpc) is 2.64. The Bertz CT molecular complexity index is 484. The minimum absolute atomic E-state index is 0.0656. The van der Waals surface area contributed by atoms with Gasteiger partial charge in [0.2, 0.25) is 0 Å². The monoisotopic (exact) mass is 277 g/mol. The van der Waals surface area contributed by atoms with Gasteiger partial charge in [0.15, 0.2) is 5.78 Å². The molecule has 2 nitrogen and oxygen atoms in total. The van der Waals surface area contributed by atoms with Crippen LogP contribution in [0.4, 0.5) is 10.1 Å². The minimum Gasteiger partial charge on any atom is -0.369 e. The number of anilines is 1. The lowest BCUT2D eigenvalue weighted by Crippen LogP contribution is -2.27. The van der Waals surface area contributed by atoms with Gasteiger partial charge >= 0.3 is 0 Å². The second kappa shape index (κ2) is 6.38. The van der Waals surface area contributed by atoms with Crippen molar-refractivity contribution in [3.05, 3.63) is 29.6 Å². The first kappa shape index (κ1) is 15.0. The summed E-state index contributed by atoms with van der Waals surface area (Å²) in [5.74, 6) is 1.03. The molecule has 0 aromatic heterocycles. The maximum Gasteiger partial charge on any atom is 0.161 e. The highest BCUT2D eigenvalue weighted by molar-refractivity contribution is 5.99. The first-order chi connectivity index (χ1) is 9.50. The highest BCUT2D eigenvalue weighted by Crippen LogP contribution is 2.31. The predicted octanol–water partition coefficient (Wildman–Crippen LogP) is 4.29. The minimum atomic E-state index is -0.277. The Morgan fingerprint density at radius 2 is 2.05 bits per heavy atom. The maximum atomic E-state index is 14.2. The molecule has 3 heteroatoms. The molecule has 0 N–H and O–H groups in total. The van der Waals surface area contributed by atoms with E-state index >= 15 is 0 Å². The van der Waals surface area contributed by atoms with Gasteiger partial charge in [0.25, 0.3) is 0 Å². The Balaban J connectivity index is 2.26. The number of halogens is 1. The van der Waals surface area contributed by atoms with Crippen LogP contribution in [0.25, 0.3) is 0 Å². The van der Waals surface area contributed by atoms with Crippen molar-refractivity contribution in [1.29, 1.82) is 0 Å². The third kappa shape index (κ3) is 3.20. The first-order valence-corrected chi connectivity index (χ1v) is 7.55. The number of benzene rings is 1. The zero-order valence-electron chi connectivity index (χ0n) is 12.7. The Morgan fingerprint density at radius 1 is 1.30 bits per heavy atom. The average molecular weight is 277 g/mol. The summed E-state index contributed by atoms with van der Waals surface area (Å²) in [5.41, 5.74) is 1.01. The summed E-state index contributed by atoms with van der Waals surface area (Å²) in [6, 6.07) is 4.79. The van der Waals surface area contributed by atoms with Gasteiger partial charge in [-0.25, -0.2) is 4.39 Å². The highest BCUT2D eigenvalue weighted by atomic mass is 19.1. The first-order valence-electron chi connectivity index (χ1n) is 7.55. The Labute approximate surface area is 121 Å². The second-order valence-corrected chi connectivity index (χ2v) is 6.11. The van der Waals surface area contributed by atoms with E-state index in [-0.39, 0.29) is 11.6 Å². The SMILES string of the molecule is CC(=O)c1cccc(F)c1N1CCCC(C(C)C)CC1. The Kier molecular flexibility index (Phi) is 4.79. The van der Waals surface area contributed by atoms with Crippen LogP contribution >= 0.6 is 0 Å². The van der Waals surface area contributed by atoms with Gasteiger partial charge in [0.1, 0.15) is 5.82 Å². The zero-order chi connectivity index (χ0) is 14.7. The van der Waals surface area contributed by atoms with Crippen molar-refractivity contribution < 1.29 is 9.18 Å². The van der Waals surface area contributed by atoms with Crippen LogP contribution in [-0.4, -0.2) is 18.9 Å². The van der Waals surface area contributed by atoms with Gasteiger partial charge < -0.3 is 4.90 Å². The lowest BCUT2D eigenvalue weighted by atomic mass is 9.89. The lowest BCUT2D eigenvalue weighted by Gasteiger charge is -2.26. The summed E-state index contributed by atoms with van der Waals surface area (Å²) in [6.45, 7) is 7.69. The number of Topliss-reactive ketones (excluding diaryl/α,β-unsaturated/α-hetero) is 1. The number of para-hydroxylation sites is 1. The molecule has 1 aliphatic heterocycles. The smallest absolute Gasteiger partial charge is 0.161 e. The van der Waals surface area contributed by atoms with Crippen LogP contribution in [0, 0.1) is 17.7 Å². The standard InChI is InChI=1S/C17H24FNO/c1-12(2)14-6-5-10-19(11-9-14)17-15(13(3)20)7-4-8-16(17)18/h4,7-8,12,14H,5-6,9-11H2,1-3H3. The summed E-state index contributed by atoms with van der Waals surface area (Å²) >= 11 is 0. The lowest BCUT2D eigenvalue weighted by molar-refractivity contribution is 0.101. The Morgan fingerprint density at radius 3 is 2.70 bits per heavy atom. The van der Waals surface area contributed by atoms with Crippen LogP contribution in [0.2, 0.25) is 0 Å². The van der Waals surface area contributed by atoms with Crippen molar-refractivity contribution in [2.24, 2.45) is 11.8 Å². The van der Waals surface area contributed by atoms with Crippen LogP contribution in [0.3, 0.4) is 0 Å². The van der Waals surface area contributed by atoms with Gasteiger partial charge in [-0.1, -0.05) is 19.9 Å². The van der Waals surface area contributed by atoms with E-state index in [0.717, 1.165) is 25.9 Å². The molecule has 1 heterocycles. The van der Waals surface area contributed by atoms with Crippen LogP contribution in [0.5, 0.6) is 0 Å². The molecular weight excluding hydrogens is 253 g/mol. The fraction of sp³-hybridized carbons (Fsp3) is 0.588. The molecule has 0 bridgehead atoms. The zero-order valence-corrected chi connectivity index (χ0v) is 12.7. The summed E-state index contributed by atoms with van der Waals surface area (Å²) in [4.78, 5) is 13.8. The number of rotatable bonds is 3. The van der Waals surface area contributed by atoms with Gasteiger partial charge in [-0.05, 0) is 50.2 Å². The molecule has 20 heavy (non-hydrogen) atoms.